The fourth-order valence-corrected chi connectivity index (χ4v) is 4.24. The molecule has 2 aliphatic rings. The average molecular weight is 258 g/mol. The van der Waals surface area contributed by atoms with Crippen LogP contribution in [0.25, 0.3) is 0 Å². The van der Waals surface area contributed by atoms with Crippen LogP contribution in [0.1, 0.15) is 56.7 Å². The van der Waals surface area contributed by atoms with Crippen LogP contribution in [0.3, 0.4) is 0 Å². The maximum absolute atomic E-state index is 6.60. The Labute approximate surface area is 117 Å². The number of rotatable bonds is 1. The first-order valence-corrected chi connectivity index (χ1v) is 7.68. The van der Waals surface area contributed by atoms with Gasteiger partial charge in [-0.2, -0.15) is 0 Å². The highest BCUT2D eigenvalue weighted by Gasteiger charge is 2.39. The summed E-state index contributed by atoms with van der Waals surface area (Å²) < 4.78 is 0. The third-order valence-electron chi connectivity index (χ3n) is 5.15. The minimum absolute atomic E-state index is 0.181. The number of hydrogen-bond donors (Lipinski definition) is 1. The highest BCUT2D eigenvalue weighted by molar-refractivity contribution is 5.36. The normalized spacial score (nSPS) is 39.3. The third-order valence-corrected chi connectivity index (χ3v) is 5.15. The first-order valence-electron chi connectivity index (χ1n) is 7.68. The molecule has 0 spiro atoms. The van der Waals surface area contributed by atoms with Gasteiger partial charge in [0.05, 0.1) is 0 Å². The minimum atomic E-state index is 0.181. The molecule has 3 rings (SSSR count). The molecule has 0 amide bonds. The zero-order chi connectivity index (χ0) is 13.6. The molecule has 0 bridgehead atoms. The maximum atomic E-state index is 6.60. The largest absolute Gasteiger partial charge is 0.323 e. The van der Waals surface area contributed by atoms with Crippen LogP contribution in [-0.2, 0) is 0 Å². The number of likely N-dealkylation sites (tertiary alicyclic amines) is 1. The standard InChI is InChI=1S/C17H26N2/c1-11-8-13(3)19(10-11)16-9-12(2)14-6-4-5-7-15(14)17(16)18/h4-7,11-13,16-17H,8-10,18H2,1-3H3. The van der Waals surface area contributed by atoms with E-state index in [0.717, 1.165) is 5.92 Å². The number of benzene rings is 1. The van der Waals surface area contributed by atoms with Gasteiger partial charge in [-0.3, -0.25) is 4.90 Å². The van der Waals surface area contributed by atoms with Crippen molar-refractivity contribution in [2.24, 2.45) is 11.7 Å². The van der Waals surface area contributed by atoms with Crippen molar-refractivity contribution in [1.82, 2.24) is 4.90 Å². The molecule has 1 saturated heterocycles. The third kappa shape index (κ3) is 2.21. The predicted molar refractivity (Wildman–Crippen MR) is 80.1 cm³/mol. The number of fused-ring (bicyclic) bond motifs is 1. The Kier molecular flexibility index (Phi) is 3.40. The molecule has 1 aliphatic heterocycles. The molecule has 19 heavy (non-hydrogen) atoms. The van der Waals surface area contributed by atoms with E-state index in [1.54, 1.807) is 0 Å². The van der Waals surface area contributed by atoms with Crippen LogP contribution in [0.4, 0.5) is 0 Å². The molecule has 5 unspecified atom stereocenters. The first-order chi connectivity index (χ1) is 9.08. The lowest BCUT2D eigenvalue weighted by molar-refractivity contribution is 0.139. The molecule has 2 nitrogen and oxygen atoms in total. The van der Waals surface area contributed by atoms with E-state index in [4.69, 9.17) is 5.73 Å². The Bertz CT molecular complexity index is 456. The quantitative estimate of drug-likeness (QED) is 0.837. The fourth-order valence-electron chi connectivity index (χ4n) is 4.24. The Balaban J connectivity index is 1.90. The lowest BCUT2D eigenvalue weighted by Gasteiger charge is -2.42. The Morgan fingerprint density at radius 1 is 1.05 bits per heavy atom. The van der Waals surface area contributed by atoms with Crippen molar-refractivity contribution in [2.45, 2.75) is 57.7 Å². The summed E-state index contributed by atoms with van der Waals surface area (Å²) in [5, 5.41) is 0. The van der Waals surface area contributed by atoms with Gasteiger partial charge in [0.2, 0.25) is 0 Å². The van der Waals surface area contributed by atoms with Gasteiger partial charge in [0.25, 0.3) is 0 Å². The Hall–Kier alpha value is -0.860. The van der Waals surface area contributed by atoms with E-state index < -0.39 is 0 Å². The summed E-state index contributed by atoms with van der Waals surface area (Å²) >= 11 is 0. The van der Waals surface area contributed by atoms with E-state index in [2.05, 4.69) is 49.9 Å². The van der Waals surface area contributed by atoms with Gasteiger partial charge in [-0.25, -0.2) is 0 Å². The number of hydrogen-bond acceptors (Lipinski definition) is 2. The van der Waals surface area contributed by atoms with Crippen molar-refractivity contribution < 1.29 is 0 Å². The molecule has 1 aliphatic carbocycles. The Morgan fingerprint density at radius 3 is 2.37 bits per heavy atom. The van der Waals surface area contributed by atoms with Gasteiger partial charge in [-0.15, -0.1) is 0 Å². The summed E-state index contributed by atoms with van der Waals surface area (Å²) in [6.45, 7) is 8.29. The van der Waals surface area contributed by atoms with E-state index in [9.17, 15) is 0 Å². The Morgan fingerprint density at radius 2 is 1.74 bits per heavy atom. The van der Waals surface area contributed by atoms with Crippen molar-refractivity contribution in [2.75, 3.05) is 6.54 Å². The SMILES string of the molecule is CC1CC(C)N(C2CC(C)c3ccccc3C2N)C1. The van der Waals surface area contributed by atoms with Crippen LogP contribution in [0, 0.1) is 5.92 Å². The molecule has 104 valence electrons. The first kappa shape index (κ1) is 13.1. The van der Waals surface area contributed by atoms with Crippen LogP contribution in [0.5, 0.6) is 0 Å². The van der Waals surface area contributed by atoms with Crippen molar-refractivity contribution in [1.29, 1.82) is 0 Å². The lowest BCUT2D eigenvalue weighted by Crippen LogP contribution is -2.47. The fraction of sp³-hybridized carbons (Fsp3) is 0.647. The van der Waals surface area contributed by atoms with E-state index in [-0.39, 0.29) is 6.04 Å². The van der Waals surface area contributed by atoms with Gasteiger partial charge in [0, 0.05) is 24.7 Å². The predicted octanol–water partition coefficient (Wildman–Crippen LogP) is 3.29. The second kappa shape index (κ2) is 4.92. The zero-order valence-corrected chi connectivity index (χ0v) is 12.3. The summed E-state index contributed by atoms with van der Waals surface area (Å²) in [7, 11) is 0. The van der Waals surface area contributed by atoms with Gasteiger partial charge in [0.15, 0.2) is 0 Å². The van der Waals surface area contributed by atoms with Crippen LogP contribution in [0.15, 0.2) is 24.3 Å². The maximum Gasteiger partial charge on any atom is 0.0456 e. The molecule has 0 aromatic heterocycles. The second-order valence-corrected chi connectivity index (χ2v) is 6.75. The minimum Gasteiger partial charge on any atom is -0.323 e. The van der Waals surface area contributed by atoms with Crippen LogP contribution >= 0.6 is 0 Å². The summed E-state index contributed by atoms with van der Waals surface area (Å²) in [5.74, 6) is 1.44. The summed E-state index contributed by atoms with van der Waals surface area (Å²) in [4.78, 5) is 2.67. The van der Waals surface area contributed by atoms with Gasteiger partial charge in [0.1, 0.15) is 0 Å². The second-order valence-electron chi connectivity index (χ2n) is 6.75. The highest BCUT2D eigenvalue weighted by Crippen LogP contribution is 2.41. The molecule has 0 radical (unpaired) electrons. The zero-order valence-electron chi connectivity index (χ0n) is 12.3. The molecule has 1 heterocycles. The molecule has 1 aromatic rings. The molecule has 0 saturated carbocycles. The topological polar surface area (TPSA) is 29.3 Å². The summed E-state index contributed by atoms with van der Waals surface area (Å²) in [6.07, 6.45) is 2.52. The van der Waals surface area contributed by atoms with Gasteiger partial charge in [-0.05, 0) is 42.7 Å². The average Bonchev–Trinajstić information content (AvgIpc) is 2.73. The number of nitrogens with zero attached hydrogens (tertiary/aromatic N) is 1. The molecule has 2 N–H and O–H groups in total. The summed E-state index contributed by atoms with van der Waals surface area (Å²) in [5.41, 5.74) is 9.44. The molecule has 2 heteroatoms. The molecule has 1 aromatic carbocycles. The molecular formula is C17H26N2. The molecular weight excluding hydrogens is 232 g/mol. The van der Waals surface area contributed by atoms with Crippen LogP contribution in [-0.4, -0.2) is 23.5 Å². The number of nitrogens with two attached hydrogens (primary N) is 1. The van der Waals surface area contributed by atoms with Crippen molar-refractivity contribution in [3.63, 3.8) is 0 Å². The molecule has 1 fully saturated rings. The van der Waals surface area contributed by atoms with Crippen molar-refractivity contribution in [3.8, 4) is 0 Å². The van der Waals surface area contributed by atoms with E-state index in [1.807, 2.05) is 0 Å². The van der Waals surface area contributed by atoms with Crippen LogP contribution in [0.2, 0.25) is 0 Å². The van der Waals surface area contributed by atoms with Crippen molar-refractivity contribution >= 4 is 0 Å². The van der Waals surface area contributed by atoms with Crippen LogP contribution < -0.4 is 5.73 Å². The van der Waals surface area contributed by atoms with Crippen molar-refractivity contribution in [3.05, 3.63) is 35.4 Å². The summed E-state index contributed by atoms with van der Waals surface area (Å²) in [6, 6.07) is 10.1. The smallest absolute Gasteiger partial charge is 0.0456 e. The van der Waals surface area contributed by atoms with Gasteiger partial charge >= 0.3 is 0 Å². The van der Waals surface area contributed by atoms with Gasteiger partial charge < -0.3 is 5.73 Å². The highest BCUT2D eigenvalue weighted by atomic mass is 15.2. The van der Waals surface area contributed by atoms with E-state index in [0.29, 0.717) is 18.0 Å². The van der Waals surface area contributed by atoms with Gasteiger partial charge in [-0.1, -0.05) is 38.1 Å². The van der Waals surface area contributed by atoms with E-state index >= 15 is 0 Å². The monoisotopic (exact) mass is 258 g/mol. The lowest BCUT2D eigenvalue weighted by atomic mass is 9.77. The molecule has 5 atom stereocenters. The van der Waals surface area contributed by atoms with E-state index in [1.165, 1.54) is 30.5 Å².